The second-order valence-electron chi connectivity index (χ2n) is 4.01. The van der Waals surface area contributed by atoms with Crippen LogP contribution in [-0.4, -0.2) is 18.0 Å². The maximum atomic E-state index is 13.1. The highest BCUT2D eigenvalue weighted by Crippen LogP contribution is 2.27. The summed E-state index contributed by atoms with van der Waals surface area (Å²) < 4.78 is 13.1. The molecule has 1 aromatic carbocycles. The van der Waals surface area contributed by atoms with Gasteiger partial charge in [-0.15, -0.1) is 0 Å². The van der Waals surface area contributed by atoms with Gasteiger partial charge in [0.15, 0.2) is 0 Å². The fourth-order valence-electron chi connectivity index (χ4n) is 2.06. The van der Waals surface area contributed by atoms with E-state index in [1.807, 2.05) is 0 Å². The van der Waals surface area contributed by atoms with Crippen molar-refractivity contribution in [2.24, 2.45) is 0 Å². The third-order valence-electron chi connectivity index (χ3n) is 2.94. The molecule has 0 bridgehead atoms. The maximum absolute atomic E-state index is 13.1. The summed E-state index contributed by atoms with van der Waals surface area (Å²) in [6, 6.07) is 4.18. The van der Waals surface area contributed by atoms with E-state index in [1.165, 1.54) is 12.1 Å². The van der Waals surface area contributed by atoms with Crippen molar-refractivity contribution in [1.82, 2.24) is 5.32 Å². The van der Waals surface area contributed by atoms with Crippen molar-refractivity contribution >= 4 is 5.69 Å². The van der Waals surface area contributed by atoms with Gasteiger partial charge in [0.25, 0.3) is 0 Å². The predicted molar refractivity (Wildman–Crippen MR) is 57.9 cm³/mol. The zero-order valence-electron chi connectivity index (χ0n) is 8.78. The molecule has 1 N–H and O–H groups in total. The van der Waals surface area contributed by atoms with Crippen LogP contribution in [0.3, 0.4) is 0 Å². The van der Waals surface area contributed by atoms with Gasteiger partial charge >= 0.3 is 5.69 Å². The molecule has 0 amide bonds. The van der Waals surface area contributed by atoms with Crippen LogP contribution in [0.5, 0.6) is 0 Å². The van der Waals surface area contributed by atoms with Crippen LogP contribution in [0.1, 0.15) is 24.3 Å². The topological polar surface area (TPSA) is 55.2 Å². The molecule has 0 spiro atoms. The fourth-order valence-corrected chi connectivity index (χ4v) is 2.06. The van der Waals surface area contributed by atoms with Gasteiger partial charge in [-0.1, -0.05) is 6.07 Å². The van der Waals surface area contributed by atoms with Crippen LogP contribution < -0.4 is 5.32 Å². The molecule has 1 saturated heterocycles. The molecule has 5 heteroatoms. The van der Waals surface area contributed by atoms with Gasteiger partial charge in [0.1, 0.15) is 0 Å². The molecule has 1 aliphatic rings. The minimum Gasteiger partial charge on any atom is -0.316 e. The Kier molecular flexibility index (Phi) is 3.14. The summed E-state index contributed by atoms with van der Waals surface area (Å²) in [4.78, 5) is 9.94. The van der Waals surface area contributed by atoms with Gasteiger partial charge in [-0.05, 0) is 36.9 Å². The largest absolute Gasteiger partial charge is 0.316 e. The Morgan fingerprint density at radius 1 is 1.50 bits per heavy atom. The van der Waals surface area contributed by atoms with E-state index < -0.39 is 16.4 Å². The first-order valence-electron chi connectivity index (χ1n) is 5.33. The lowest BCUT2D eigenvalue weighted by Gasteiger charge is -2.22. The van der Waals surface area contributed by atoms with Crippen LogP contribution in [0.2, 0.25) is 0 Å². The van der Waals surface area contributed by atoms with Crippen molar-refractivity contribution in [3.8, 4) is 0 Å². The van der Waals surface area contributed by atoms with Gasteiger partial charge in [0, 0.05) is 12.6 Å². The van der Waals surface area contributed by atoms with Crippen molar-refractivity contribution in [1.29, 1.82) is 0 Å². The van der Waals surface area contributed by atoms with Crippen molar-refractivity contribution in [2.45, 2.75) is 18.8 Å². The Labute approximate surface area is 92.6 Å². The van der Waals surface area contributed by atoms with E-state index in [0.717, 1.165) is 31.5 Å². The van der Waals surface area contributed by atoms with Crippen LogP contribution in [0.15, 0.2) is 18.2 Å². The van der Waals surface area contributed by atoms with Crippen LogP contribution in [-0.2, 0) is 0 Å². The molecule has 0 radical (unpaired) electrons. The summed E-state index contributed by atoms with van der Waals surface area (Å²) in [5.41, 5.74) is 0.420. The second kappa shape index (κ2) is 4.57. The summed E-state index contributed by atoms with van der Waals surface area (Å²) in [5.74, 6) is -0.509. The summed E-state index contributed by atoms with van der Waals surface area (Å²) in [6.45, 7) is 1.79. The molecular formula is C11H13FN2O2. The Bertz CT molecular complexity index is 403. The molecule has 0 saturated carbocycles. The Hall–Kier alpha value is -1.49. The molecule has 16 heavy (non-hydrogen) atoms. The van der Waals surface area contributed by atoms with Gasteiger partial charge in [-0.2, -0.15) is 4.39 Å². The zero-order chi connectivity index (χ0) is 11.5. The first-order valence-corrected chi connectivity index (χ1v) is 5.33. The van der Waals surface area contributed by atoms with Crippen LogP contribution in [0, 0.1) is 15.9 Å². The maximum Gasteiger partial charge on any atom is 0.305 e. The first-order chi connectivity index (χ1) is 7.68. The lowest BCUT2D eigenvalue weighted by Crippen LogP contribution is -2.28. The number of hydrogen-bond donors (Lipinski definition) is 1. The molecule has 86 valence electrons. The van der Waals surface area contributed by atoms with E-state index in [0.29, 0.717) is 0 Å². The number of halogens is 1. The standard InChI is InChI=1S/C11H13FN2O2/c12-10-4-3-8(6-11(10)14(15)16)9-2-1-5-13-7-9/h3-4,6,9,13H,1-2,5,7H2. The molecule has 1 aromatic rings. The summed E-state index contributed by atoms with van der Waals surface area (Å²) >= 11 is 0. The molecule has 1 fully saturated rings. The number of nitrogens with zero attached hydrogens (tertiary/aromatic N) is 1. The lowest BCUT2D eigenvalue weighted by atomic mass is 9.91. The normalized spacial score (nSPS) is 20.7. The smallest absolute Gasteiger partial charge is 0.305 e. The highest BCUT2D eigenvalue weighted by atomic mass is 19.1. The Morgan fingerprint density at radius 2 is 2.31 bits per heavy atom. The van der Waals surface area contributed by atoms with Crippen molar-refractivity contribution in [3.63, 3.8) is 0 Å². The molecule has 1 aliphatic heterocycles. The van der Waals surface area contributed by atoms with Gasteiger partial charge < -0.3 is 5.32 Å². The first kappa shape index (κ1) is 11.0. The number of piperidine rings is 1. The van der Waals surface area contributed by atoms with Crippen molar-refractivity contribution < 1.29 is 9.31 Å². The van der Waals surface area contributed by atoms with E-state index in [-0.39, 0.29) is 5.92 Å². The Balaban J connectivity index is 2.27. The molecule has 1 heterocycles. The van der Waals surface area contributed by atoms with Gasteiger partial charge in [0.05, 0.1) is 4.92 Å². The molecule has 4 nitrogen and oxygen atoms in total. The number of hydrogen-bond acceptors (Lipinski definition) is 3. The van der Waals surface area contributed by atoms with Gasteiger partial charge in [0.2, 0.25) is 5.82 Å². The number of nitro benzene ring substituents is 1. The summed E-state index contributed by atoms with van der Waals surface area (Å²) in [7, 11) is 0. The van der Waals surface area contributed by atoms with Gasteiger partial charge in [-0.25, -0.2) is 0 Å². The minimum absolute atomic E-state index is 0.257. The van der Waals surface area contributed by atoms with E-state index in [1.54, 1.807) is 6.07 Å². The summed E-state index contributed by atoms with van der Waals surface area (Å²) in [6.07, 6.45) is 2.05. The van der Waals surface area contributed by atoms with Crippen LogP contribution in [0.25, 0.3) is 0 Å². The third kappa shape index (κ3) is 2.19. The minimum atomic E-state index is -0.766. The molecule has 0 aliphatic carbocycles. The predicted octanol–water partition coefficient (Wildman–Crippen LogP) is 2.20. The van der Waals surface area contributed by atoms with Crippen LogP contribution >= 0.6 is 0 Å². The van der Waals surface area contributed by atoms with E-state index in [4.69, 9.17) is 0 Å². The van der Waals surface area contributed by atoms with Crippen molar-refractivity contribution in [2.75, 3.05) is 13.1 Å². The quantitative estimate of drug-likeness (QED) is 0.619. The molecule has 1 unspecified atom stereocenters. The van der Waals surface area contributed by atoms with E-state index in [9.17, 15) is 14.5 Å². The van der Waals surface area contributed by atoms with Crippen LogP contribution in [0.4, 0.5) is 10.1 Å². The number of nitro groups is 1. The Morgan fingerprint density at radius 3 is 2.94 bits per heavy atom. The molecule has 2 rings (SSSR count). The number of nitrogens with one attached hydrogen (secondary N) is 1. The SMILES string of the molecule is O=[N+]([O-])c1cc(C2CCCNC2)ccc1F. The highest BCUT2D eigenvalue weighted by molar-refractivity contribution is 5.38. The molecular weight excluding hydrogens is 211 g/mol. The zero-order valence-corrected chi connectivity index (χ0v) is 8.78. The molecule has 1 atom stereocenters. The second-order valence-corrected chi connectivity index (χ2v) is 4.01. The summed E-state index contributed by atoms with van der Waals surface area (Å²) in [5, 5.41) is 13.8. The average molecular weight is 224 g/mol. The average Bonchev–Trinajstić information content (AvgIpc) is 2.30. The van der Waals surface area contributed by atoms with Crippen molar-refractivity contribution in [3.05, 3.63) is 39.7 Å². The highest BCUT2D eigenvalue weighted by Gasteiger charge is 2.20. The number of rotatable bonds is 2. The fraction of sp³-hybridized carbons (Fsp3) is 0.455. The number of benzene rings is 1. The van der Waals surface area contributed by atoms with Gasteiger partial charge in [-0.3, -0.25) is 10.1 Å². The lowest BCUT2D eigenvalue weighted by molar-refractivity contribution is -0.387. The van der Waals surface area contributed by atoms with E-state index in [2.05, 4.69) is 5.32 Å². The third-order valence-corrected chi connectivity index (χ3v) is 2.94. The van der Waals surface area contributed by atoms with E-state index >= 15 is 0 Å². The monoisotopic (exact) mass is 224 g/mol. The molecule has 0 aromatic heterocycles.